The number of rotatable bonds is 4. The lowest BCUT2D eigenvalue weighted by Crippen LogP contribution is -2.32. The Bertz CT molecular complexity index is 1010. The lowest BCUT2D eigenvalue weighted by molar-refractivity contribution is -0.127. The van der Waals surface area contributed by atoms with Gasteiger partial charge in [0, 0.05) is 34.3 Å². The molecule has 140 valence electrons. The van der Waals surface area contributed by atoms with Crippen LogP contribution in [0.25, 0.3) is 10.9 Å². The predicted molar refractivity (Wildman–Crippen MR) is 106 cm³/mol. The molecule has 1 atom stereocenters. The van der Waals surface area contributed by atoms with Gasteiger partial charge in [-0.05, 0) is 11.6 Å². The van der Waals surface area contributed by atoms with Crippen molar-refractivity contribution in [2.45, 2.75) is 45.2 Å². The van der Waals surface area contributed by atoms with Gasteiger partial charge in [-0.2, -0.15) is 0 Å². The average molecular weight is 382 g/mol. The van der Waals surface area contributed by atoms with E-state index in [1.54, 1.807) is 11.3 Å². The zero-order chi connectivity index (χ0) is 19.2. The van der Waals surface area contributed by atoms with Crippen LogP contribution < -0.4 is 5.32 Å². The Hall–Kier alpha value is -2.67. The van der Waals surface area contributed by atoms with Crippen molar-refractivity contribution in [1.29, 1.82) is 0 Å². The molecule has 0 radical (unpaired) electrons. The van der Waals surface area contributed by atoms with E-state index in [0.29, 0.717) is 6.42 Å². The van der Waals surface area contributed by atoms with Gasteiger partial charge in [0.2, 0.25) is 0 Å². The maximum absolute atomic E-state index is 12.8. The molecule has 3 heterocycles. The molecule has 7 heteroatoms. The van der Waals surface area contributed by atoms with Crippen molar-refractivity contribution in [3.63, 3.8) is 0 Å². The summed E-state index contributed by atoms with van der Waals surface area (Å²) in [6, 6.07) is 7.05. The summed E-state index contributed by atoms with van der Waals surface area (Å²) in [4.78, 5) is 34.2. The number of urea groups is 1. The van der Waals surface area contributed by atoms with E-state index in [4.69, 9.17) is 0 Å². The monoisotopic (exact) mass is 382 g/mol. The molecule has 0 aliphatic carbocycles. The highest BCUT2D eigenvalue weighted by Gasteiger charge is 2.38. The highest BCUT2D eigenvalue weighted by atomic mass is 32.1. The highest BCUT2D eigenvalue weighted by Crippen LogP contribution is 2.27. The van der Waals surface area contributed by atoms with Crippen LogP contribution in [0, 0.1) is 0 Å². The van der Waals surface area contributed by atoms with Crippen LogP contribution in [-0.2, 0) is 23.2 Å². The van der Waals surface area contributed by atoms with Crippen LogP contribution in [0.5, 0.6) is 0 Å². The minimum Gasteiger partial charge on any atom is -0.361 e. The first-order chi connectivity index (χ1) is 12.8. The van der Waals surface area contributed by atoms with Crippen LogP contribution in [0.15, 0.2) is 35.8 Å². The molecule has 2 N–H and O–H groups in total. The van der Waals surface area contributed by atoms with Crippen molar-refractivity contribution in [3.8, 4) is 0 Å². The quantitative estimate of drug-likeness (QED) is 0.677. The first-order valence-corrected chi connectivity index (χ1v) is 9.82. The fourth-order valence-corrected chi connectivity index (χ4v) is 4.17. The van der Waals surface area contributed by atoms with Crippen molar-refractivity contribution in [2.75, 3.05) is 0 Å². The Morgan fingerprint density at radius 2 is 2.00 bits per heavy atom. The number of hydrogen-bond donors (Lipinski definition) is 2. The van der Waals surface area contributed by atoms with E-state index in [9.17, 15) is 9.59 Å². The molecule has 1 saturated heterocycles. The standard InChI is InChI=1S/C20H22N4O2S/c1-20(2,3)18-22-13(11-27-18)10-24-17(25)16(23-19(24)26)8-12-9-21-15-7-5-4-6-14(12)15/h4-7,9,11,16,21H,8,10H2,1-3H3,(H,23,26)/t16-/m0/s1. The van der Waals surface area contributed by atoms with Gasteiger partial charge in [0.25, 0.3) is 5.91 Å². The van der Waals surface area contributed by atoms with Crippen molar-refractivity contribution in [1.82, 2.24) is 20.2 Å². The zero-order valence-electron chi connectivity index (χ0n) is 15.6. The number of hydrogen-bond acceptors (Lipinski definition) is 4. The summed E-state index contributed by atoms with van der Waals surface area (Å²) in [7, 11) is 0. The van der Waals surface area contributed by atoms with Crippen LogP contribution in [0.1, 0.15) is 37.0 Å². The van der Waals surface area contributed by atoms with Gasteiger partial charge < -0.3 is 10.3 Å². The third-order valence-corrected chi connectivity index (χ3v) is 6.04. The second-order valence-corrected chi connectivity index (χ2v) is 8.74. The third kappa shape index (κ3) is 3.35. The van der Waals surface area contributed by atoms with Gasteiger partial charge in [-0.1, -0.05) is 39.0 Å². The van der Waals surface area contributed by atoms with E-state index in [1.165, 1.54) is 4.90 Å². The van der Waals surface area contributed by atoms with Crippen LogP contribution >= 0.6 is 11.3 Å². The van der Waals surface area contributed by atoms with Gasteiger partial charge in [0.1, 0.15) is 6.04 Å². The number of imide groups is 1. The van der Waals surface area contributed by atoms with Crippen molar-refractivity contribution in [3.05, 3.63) is 52.1 Å². The Morgan fingerprint density at radius 3 is 2.74 bits per heavy atom. The van der Waals surface area contributed by atoms with Crippen molar-refractivity contribution < 1.29 is 9.59 Å². The lowest BCUT2D eigenvalue weighted by atomic mass is 9.98. The highest BCUT2D eigenvalue weighted by molar-refractivity contribution is 7.09. The molecule has 0 unspecified atom stereocenters. The first kappa shape index (κ1) is 17.7. The van der Waals surface area contributed by atoms with E-state index in [1.807, 2.05) is 35.8 Å². The number of para-hydroxylation sites is 1. The number of nitrogens with one attached hydrogen (secondary N) is 2. The Balaban J connectivity index is 1.49. The van der Waals surface area contributed by atoms with Gasteiger partial charge in [-0.3, -0.25) is 9.69 Å². The van der Waals surface area contributed by atoms with Crippen LogP contribution in [-0.4, -0.2) is 32.8 Å². The summed E-state index contributed by atoms with van der Waals surface area (Å²) in [5.41, 5.74) is 2.76. The summed E-state index contributed by atoms with van der Waals surface area (Å²) in [5, 5.41) is 6.81. The molecule has 3 amide bonds. The van der Waals surface area contributed by atoms with Gasteiger partial charge in [0.05, 0.1) is 17.2 Å². The molecule has 0 spiro atoms. The van der Waals surface area contributed by atoms with Crippen molar-refractivity contribution in [2.24, 2.45) is 0 Å². The number of aromatic nitrogens is 2. The van der Waals surface area contributed by atoms with Crippen LogP contribution in [0.3, 0.4) is 0 Å². The molecule has 4 rings (SSSR count). The summed E-state index contributed by atoms with van der Waals surface area (Å²) in [6.45, 7) is 6.50. The molecule has 1 aromatic carbocycles. The third-order valence-electron chi connectivity index (χ3n) is 4.72. The minimum absolute atomic E-state index is 0.0436. The normalized spacial score (nSPS) is 17.7. The largest absolute Gasteiger partial charge is 0.361 e. The number of carbonyl (C=O) groups is 2. The number of carbonyl (C=O) groups excluding carboxylic acids is 2. The lowest BCUT2D eigenvalue weighted by Gasteiger charge is -2.14. The Kier molecular flexibility index (Phi) is 4.26. The number of benzene rings is 1. The molecule has 2 aromatic heterocycles. The SMILES string of the molecule is CC(C)(C)c1nc(CN2C(=O)N[C@@H](Cc3c[nH]c4ccccc34)C2=O)cs1. The molecule has 6 nitrogen and oxygen atoms in total. The second-order valence-electron chi connectivity index (χ2n) is 7.88. The topological polar surface area (TPSA) is 78.1 Å². The van der Waals surface area contributed by atoms with E-state index < -0.39 is 6.04 Å². The molecular weight excluding hydrogens is 360 g/mol. The van der Waals surface area contributed by atoms with E-state index in [0.717, 1.165) is 27.2 Å². The Labute approximate surface area is 161 Å². The average Bonchev–Trinajstić information content (AvgIpc) is 3.31. The van der Waals surface area contributed by atoms with Crippen LogP contribution in [0.4, 0.5) is 4.79 Å². The van der Waals surface area contributed by atoms with E-state index in [2.05, 4.69) is 36.1 Å². The van der Waals surface area contributed by atoms with Gasteiger partial charge in [-0.15, -0.1) is 11.3 Å². The number of amides is 3. The number of thiazole rings is 1. The second kappa shape index (κ2) is 6.49. The van der Waals surface area contributed by atoms with E-state index in [-0.39, 0.29) is 23.9 Å². The summed E-state index contributed by atoms with van der Waals surface area (Å²) in [5.74, 6) is -0.199. The summed E-state index contributed by atoms with van der Waals surface area (Å²) < 4.78 is 0. The molecule has 0 bridgehead atoms. The summed E-state index contributed by atoms with van der Waals surface area (Å²) in [6.07, 6.45) is 2.37. The molecule has 1 fully saturated rings. The fourth-order valence-electron chi connectivity index (χ4n) is 3.27. The van der Waals surface area contributed by atoms with E-state index >= 15 is 0 Å². The predicted octanol–water partition coefficient (Wildman–Crippen LogP) is 3.59. The molecule has 1 aliphatic rings. The molecule has 0 saturated carbocycles. The maximum Gasteiger partial charge on any atom is 0.325 e. The first-order valence-electron chi connectivity index (χ1n) is 8.94. The Morgan fingerprint density at radius 1 is 1.22 bits per heavy atom. The van der Waals surface area contributed by atoms with Gasteiger partial charge >= 0.3 is 6.03 Å². The number of aromatic amines is 1. The summed E-state index contributed by atoms with van der Waals surface area (Å²) >= 11 is 1.56. The number of fused-ring (bicyclic) bond motifs is 1. The van der Waals surface area contributed by atoms with Crippen LogP contribution in [0.2, 0.25) is 0 Å². The number of nitrogens with zero attached hydrogens (tertiary/aromatic N) is 2. The van der Waals surface area contributed by atoms with Gasteiger partial charge in [0.15, 0.2) is 0 Å². The fraction of sp³-hybridized carbons (Fsp3) is 0.350. The molecule has 27 heavy (non-hydrogen) atoms. The molecule has 3 aromatic rings. The molecular formula is C20H22N4O2S. The van der Waals surface area contributed by atoms with Crippen molar-refractivity contribution >= 4 is 34.2 Å². The zero-order valence-corrected chi connectivity index (χ0v) is 16.4. The van der Waals surface area contributed by atoms with Gasteiger partial charge in [-0.25, -0.2) is 9.78 Å². The maximum atomic E-state index is 12.8. The number of H-pyrrole nitrogens is 1. The smallest absolute Gasteiger partial charge is 0.325 e. The minimum atomic E-state index is -0.544. The molecule has 1 aliphatic heterocycles.